The fraction of sp³-hybridized carbons (Fsp3) is 0.250. The van der Waals surface area contributed by atoms with Crippen molar-refractivity contribution in [1.29, 1.82) is 0 Å². The molecule has 25 heavy (non-hydrogen) atoms. The lowest BCUT2D eigenvalue weighted by atomic mass is 10.1. The quantitative estimate of drug-likeness (QED) is 0.678. The lowest BCUT2D eigenvalue weighted by molar-refractivity contribution is 0.0670. The second-order valence-electron chi connectivity index (χ2n) is 6.33. The highest BCUT2D eigenvalue weighted by molar-refractivity contribution is 7.07. The van der Waals surface area contributed by atoms with E-state index in [0.717, 1.165) is 29.8 Å². The molecule has 3 aromatic rings. The van der Waals surface area contributed by atoms with E-state index in [1.807, 2.05) is 58.3 Å². The molecule has 1 fully saturated rings. The molecule has 2 aromatic heterocycles. The van der Waals surface area contributed by atoms with E-state index in [1.165, 1.54) is 0 Å². The molecular formula is C20H19N3OS. The molecular weight excluding hydrogens is 330 g/mol. The number of amides is 1. The standard InChI is InChI=1S/C20H19N3OS/c1-14(18-4-2-3-11-21-18)23(17-9-10-17)20(24)16-7-5-15(6-8-16)19-12-25-13-22-19/h2-8,11-14,17H,9-10H2,1H3/t14-/m0/s1. The molecule has 1 aliphatic rings. The van der Waals surface area contributed by atoms with Gasteiger partial charge < -0.3 is 4.90 Å². The van der Waals surface area contributed by atoms with Gasteiger partial charge in [0.05, 0.1) is 22.9 Å². The number of thiazole rings is 1. The number of carbonyl (C=O) groups is 1. The summed E-state index contributed by atoms with van der Waals surface area (Å²) in [4.78, 5) is 23.9. The highest BCUT2D eigenvalue weighted by Crippen LogP contribution is 2.35. The summed E-state index contributed by atoms with van der Waals surface area (Å²) in [5, 5.41) is 2.01. The van der Waals surface area contributed by atoms with Crippen molar-refractivity contribution in [2.45, 2.75) is 31.8 Å². The second-order valence-corrected chi connectivity index (χ2v) is 7.04. The first-order valence-electron chi connectivity index (χ1n) is 8.46. The molecule has 5 heteroatoms. The van der Waals surface area contributed by atoms with Gasteiger partial charge in [-0.25, -0.2) is 4.98 Å². The summed E-state index contributed by atoms with van der Waals surface area (Å²) in [6, 6.07) is 13.9. The Morgan fingerprint density at radius 3 is 2.56 bits per heavy atom. The highest BCUT2D eigenvalue weighted by Gasteiger charge is 2.37. The second kappa shape index (κ2) is 6.76. The Kier molecular flexibility index (Phi) is 4.32. The predicted molar refractivity (Wildman–Crippen MR) is 99.4 cm³/mol. The molecule has 0 radical (unpaired) electrons. The van der Waals surface area contributed by atoms with Gasteiger partial charge in [0, 0.05) is 28.7 Å². The molecule has 1 aromatic carbocycles. The zero-order chi connectivity index (χ0) is 17.2. The minimum Gasteiger partial charge on any atom is -0.327 e. The molecule has 2 heterocycles. The lowest BCUT2D eigenvalue weighted by Gasteiger charge is -2.29. The number of rotatable bonds is 5. The maximum Gasteiger partial charge on any atom is 0.254 e. The van der Waals surface area contributed by atoms with Crippen molar-refractivity contribution in [3.63, 3.8) is 0 Å². The molecule has 0 bridgehead atoms. The van der Waals surface area contributed by atoms with E-state index in [1.54, 1.807) is 17.5 Å². The van der Waals surface area contributed by atoms with Gasteiger partial charge in [0.15, 0.2) is 0 Å². The van der Waals surface area contributed by atoms with Gasteiger partial charge in [-0.1, -0.05) is 18.2 Å². The van der Waals surface area contributed by atoms with Gasteiger partial charge >= 0.3 is 0 Å². The Balaban J connectivity index is 1.59. The van der Waals surface area contributed by atoms with Crippen LogP contribution in [0.4, 0.5) is 0 Å². The first kappa shape index (κ1) is 16.0. The van der Waals surface area contributed by atoms with Crippen LogP contribution < -0.4 is 0 Å². The molecule has 1 saturated carbocycles. The van der Waals surface area contributed by atoms with Crippen molar-refractivity contribution in [3.8, 4) is 11.3 Å². The number of carbonyl (C=O) groups excluding carboxylic acids is 1. The molecule has 0 N–H and O–H groups in total. The topological polar surface area (TPSA) is 46.1 Å². The fourth-order valence-corrected chi connectivity index (χ4v) is 3.63. The Hall–Kier alpha value is -2.53. The monoisotopic (exact) mass is 349 g/mol. The lowest BCUT2D eigenvalue weighted by Crippen LogP contribution is -2.35. The van der Waals surface area contributed by atoms with E-state index in [0.29, 0.717) is 11.6 Å². The van der Waals surface area contributed by atoms with E-state index >= 15 is 0 Å². The summed E-state index contributed by atoms with van der Waals surface area (Å²) < 4.78 is 0. The average Bonchev–Trinajstić information content (AvgIpc) is 3.34. The smallest absolute Gasteiger partial charge is 0.254 e. The maximum atomic E-state index is 13.1. The van der Waals surface area contributed by atoms with Gasteiger partial charge in [-0.15, -0.1) is 11.3 Å². The van der Waals surface area contributed by atoms with Crippen molar-refractivity contribution in [3.05, 3.63) is 70.8 Å². The van der Waals surface area contributed by atoms with Gasteiger partial charge in [-0.3, -0.25) is 9.78 Å². The molecule has 1 amide bonds. The van der Waals surface area contributed by atoms with Crippen LogP contribution in [0.3, 0.4) is 0 Å². The van der Waals surface area contributed by atoms with E-state index in [4.69, 9.17) is 0 Å². The Bertz CT molecular complexity index is 842. The van der Waals surface area contributed by atoms with Crippen LogP contribution in [0, 0.1) is 0 Å². The van der Waals surface area contributed by atoms with Gasteiger partial charge in [0.2, 0.25) is 0 Å². The first-order chi connectivity index (χ1) is 12.2. The number of pyridine rings is 1. The minimum absolute atomic E-state index is 0.0283. The van der Waals surface area contributed by atoms with Crippen LogP contribution in [0.15, 0.2) is 59.6 Å². The maximum absolute atomic E-state index is 13.1. The molecule has 0 unspecified atom stereocenters. The van der Waals surface area contributed by atoms with Crippen LogP contribution >= 0.6 is 11.3 Å². The third-order valence-electron chi connectivity index (χ3n) is 4.57. The van der Waals surface area contributed by atoms with Gasteiger partial charge in [-0.05, 0) is 44.0 Å². The summed E-state index contributed by atoms with van der Waals surface area (Å²) in [6.45, 7) is 2.06. The average molecular weight is 349 g/mol. The molecule has 1 aliphatic carbocycles. The summed E-state index contributed by atoms with van der Waals surface area (Å²) in [5.41, 5.74) is 5.45. The van der Waals surface area contributed by atoms with Crippen LogP contribution in [0.1, 0.15) is 41.9 Å². The zero-order valence-electron chi connectivity index (χ0n) is 14.0. The number of benzene rings is 1. The van der Waals surface area contributed by atoms with E-state index < -0.39 is 0 Å². The summed E-state index contributed by atoms with van der Waals surface area (Å²) in [7, 11) is 0. The van der Waals surface area contributed by atoms with Crippen LogP contribution in [-0.4, -0.2) is 26.8 Å². The fourth-order valence-electron chi connectivity index (χ4n) is 3.06. The molecule has 0 saturated heterocycles. The summed E-state index contributed by atoms with van der Waals surface area (Å²) >= 11 is 1.57. The SMILES string of the molecule is C[C@@H](c1ccccn1)N(C(=O)c1ccc(-c2cscn2)cc1)C1CC1. The largest absolute Gasteiger partial charge is 0.327 e. The molecule has 126 valence electrons. The van der Waals surface area contributed by atoms with Crippen LogP contribution in [0.25, 0.3) is 11.3 Å². The minimum atomic E-state index is -0.0283. The Morgan fingerprint density at radius 2 is 1.96 bits per heavy atom. The summed E-state index contributed by atoms with van der Waals surface area (Å²) in [6.07, 6.45) is 3.92. The van der Waals surface area contributed by atoms with E-state index in [-0.39, 0.29) is 11.9 Å². The molecule has 0 spiro atoms. The normalized spacial score (nSPS) is 14.9. The van der Waals surface area contributed by atoms with Gasteiger partial charge in [-0.2, -0.15) is 0 Å². The van der Waals surface area contributed by atoms with E-state index in [2.05, 4.69) is 16.9 Å². The molecule has 1 atom stereocenters. The third-order valence-corrected chi connectivity index (χ3v) is 5.15. The Labute approximate surface area is 151 Å². The van der Waals surface area contributed by atoms with Crippen molar-refractivity contribution in [1.82, 2.24) is 14.9 Å². The number of nitrogens with zero attached hydrogens (tertiary/aromatic N) is 3. The molecule has 4 nitrogen and oxygen atoms in total. The van der Waals surface area contributed by atoms with Gasteiger partial charge in [0.25, 0.3) is 5.91 Å². The highest BCUT2D eigenvalue weighted by atomic mass is 32.1. The predicted octanol–water partition coefficient (Wildman–Crippen LogP) is 4.57. The van der Waals surface area contributed by atoms with Crippen molar-refractivity contribution < 1.29 is 4.79 Å². The summed E-state index contributed by atoms with van der Waals surface area (Å²) in [5.74, 6) is 0.0745. The van der Waals surface area contributed by atoms with Crippen molar-refractivity contribution in [2.24, 2.45) is 0 Å². The number of aromatic nitrogens is 2. The van der Waals surface area contributed by atoms with Crippen molar-refractivity contribution in [2.75, 3.05) is 0 Å². The first-order valence-corrected chi connectivity index (χ1v) is 9.40. The molecule has 4 rings (SSSR count). The number of hydrogen-bond acceptors (Lipinski definition) is 4. The van der Waals surface area contributed by atoms with Crippen LogP contribution in [-0.2, 0) is 0 Å². The third kappa shape index (κ3) is 3.33. The Morgan fingerprint density at radius 1 is 1.16 bits per heavy atom. The van der Waals surface area contributed by atoms with Crippen LogP contribution in [0.5, 0.6) is 0 Å². The molecule has 0 aliphatic heterocycles. The number of hydrogen-bond donors (Lipinski definition) is 0. The van der Waals surface area contributed by atoms with E-state index in [9.17, 15) is 4.79 Å². The zero-order valence-corrected chi connectivity index (χ0v) is 14.8. The van der Waals surface area contributed by atoms with Crippen molar-refractivity contribution >= 4 is 17.2 Å². The van der Waals surface area contributed by atoms with Gasteiger partial charge in [0.1, 0.15) is 0 Å². The van der Waals surface area contributed by atoms with Crippen LogP contribution in [0.2, 0.25) is 0 Å².